The minimum Gasteiger partial charge on any atom is -0.349 e. The molecule has 0 aliphatic carbocycles. The number of rotatable bonds is 4. The standard InChI is InChI=1S/C17H28N2O/c1-11-8-9-14(12(2)10-11)13(3)19-15(20)16(4,5)17(6,7)18/h8-10,13H,18H2,1-7H3,(H,19,20). The summed E-state index contributed by atoms with van der Waals surface area (Å²) >= 11 is 0. The molecule has 0 fully saturated rings. The second-order valence-corrected chi connectivity index (χ2v) is 6.90. The van der Waals surface area contributed by atoms with Gasteiger partial charge >= 0.3 is 0 Å². The number of hydrogen-bond acceptors (Lipinski definition) is 2. The van der Waals surface area contributed by atoms with Crippen LogP contribution >= 0.6 is 0 Å². The Hall–Kier alpha value is -1.35. The molecule has 0 bridgehead atoms. The number of carbonyl (C=O) groups excluding carboxylic acids is 1. The Morgan fingerprint density at radius 2 is 1.75 bits per heavy atom. The van der Waals surface area contributed by atoms with Crippen molar-refractivity contribution in [2.75, 3.05) is 0 Å². The lowest BCUT2D eigenvalue weighted by atomic mass is 9.74. The number of hydrogen-bond donors (Lipinski definition) is 2. The Morgan fingerprint density at radius 3 is 2.20 bits per heavy atom. The Labute approximate surface area is 122 Å². The maximum absolute atomic E-state index is 12.5. The van der Waals surface area contributed by atoms with Crippen molar-refractivity contribution in [3.63, 3.8) is 0 Å². The average molecular weight is 276 g/mol. The number of carbonyl (C=O) groups is 1. The fourth-order valence-electron chi connectivity index (χ4n) is 2.06. The van der Waals surface area contributed by atoms with Crippen LogP contribution in [0.4, 0.5) is 0 Å². The summed E-state index contributed by atoms with van der Waals surface area (Å²) < 4.78 is 0. The zero-order chi connectivity index (χ0) is 15.7. The summed E-state index contributed by atoms with van der Waals surface area (Å²) in [7, 11) is 0. The quantitative estimate of drug-likeness (QED) is 0.887. The molecule has 3 heteroatoms. The van der Waals surface area contributed by atoms with E-state index >= 15 is 0 Å². The van der Waals surface area contributed by atoms with E-state index in [9.17, 15) is 4.79 Å². The summed E-state index contributed by atoms with van der Waals surface area (Å²) in [4.78, 5) is 12.5. The maximum Gasteiger partial charge on any atom is 0.227 e. The summed E-state index contributed by atoms with van der Waals surface area (Å²) in [5.74, 6) is -0.0162. The van der Waals surface area contributed by atoms with Gasteiger partial charge in [-0.1, -0.05) is 23.8 Å². The van der Waals surface area contributed by atoms with Crippen LogP contribution in [0.3, 0.4) is 0 Å². The molecule has 0 heterocycles. The van der Waals surface area contributed by atoms with Gasteiger partial charge < -0.3 is 11.1 Å². The molecule has 1 amide bonds. The minimum atomic E-state index is -0.625. The largest absolute Gasteiger partial charge is 0.349 e. The van der Waals surface area contributed by atoms with Crippen molar-refractivity contribution < 1.29 is 4.79 Å². The third kappa shape index (κ3) is 3.40. The van der Waals surface area contributed by atoms with E-state index in [1.807, 2.05) is 34.6 Å². The van der Waals surface area contributed by atoms with Gasteiger partial charge in [0.1, 0.15) is 0 Å². The van der Waals surface area contributed by atoms with Crippen LogP contribution in [-0.4, -0.2) is 11.4 Å². The smallest absolute Gasteiger partial charge is 0.227 e. The van der Waals surface area contributed by atoms with Gasteiger partial charge in [-0.05, 0) is 59.6 Å². The van der Waals surface area contributed by atoms with Gasteiger partial charge in [-0.2, -0.15) is 0 Å². The van der Waals surface area contributed by atoms with E-state index < -0.39 is 11.0 Å². The third-order valence-electron chi connectivity index (χ3n) is 4.42. The number of nitrogens with one attached hydrogen (secondary N) is 1. The average Bonchev–Trinajstić information content (AvgIpc) is 2.26. The molecular weight excluding hydrogens is 248 g/mol. The zero-order valence-corrected chi connectivity index (χ0v) is 13.8. The molecule has 0 aliphatic heterocycles. The van der Waals surface area contributed by atoms with Crippen molar-refractivity contribution in [1.29, 1.82) is 0 Å². The molecule has 1 unspecified atom stereocenters. The van der Waals surface area contributed by atoms with E-state index in [1.165, 1.54) is 11.1 Å². The predicted octanol–water partition coefficient (Wildman–Crippen LogP) is 3.24. The lowest BCUT2D eigenvalue weighted by Crippen LogP contribution is -2.55. The van der Waals surface area contributed by atoms with Gasteiger partial charge in [0.25, 0.3) is 0 Å². The van der Waals surface area contributed by atoms with Crippen LogP contribution < -0.4 is 11.1 Å². The first-order valence-electron chi connectivity index (χ1n) is 7.14. The van der Waals surface area contributed by atoms with Gasteiger partial charge in [0, 0.05) is 5.54 Å². The van der Waals surface area contributed by atoms with Crippen LogP contribution in [0.5, 0.6) is 0 Å². The summed E-state index contributed by atoms with van der Waals surface area (Å²) in [6, 6.07) is 6.26. The first-order chi connectivity index (χ1) is 8.96. The Kier molecular flexibility index (Phi) is 4.65. The molecule has 0 saturated carbocycles. The van der Waals surface area contributed by atoms with Gasteiger partial charge in [0.15, 0.2) is 0 Å². The molecule has 20 heavy (non-hydrogen) atoms. The second kappa shape index (κ2) is 5.57. The topological polar surface area (TPSA) is 55.1 Å². The molecule has 0 radical (unpaired) electrons. The minimum absolute atomic E-state index is 0.0162. The molecule has 112 valence electrons. The van der Waals surface area contributed by atoms with Crippen molar-refractivity contribution in [2.24, 2.45) is 11.1 Å². The molecule has 0 spiro atoms. The second-order valence-electron chi connectivity index (χ2n) is 6.90. The van der Waals surface area contributed by atoms with E-state index in [2.05, 4.69) is 37.4 Å². The van der Waals surface area contributed by atoms with E-state index in [-0.39, 0.29) is 11.9 Å². The normalized spacial score (nSPS) is 14.0. The van der Waals surface area contributed by atoms with Crippen LogP contribution in [0.25, 0.3) is 0 Å². The third-order valence-corrected chi connectivity index (χ3v) is 4.42. The highest BCUT2D eigenvalue weighted by Crippen LogP contribution is 2.29. The lowest BCUT2D eigenvalue weighted by Gasteiger charge is -2.37. The highest BCUT2D eigenvalue weighted by atomic mass is 16.2. The fourth-order valence-corrected chi connectivity index (χ4v) is 2.06. The maximum atomic E-state index is 12.5. The molecule has 1 aromatic rings. The molecule has 0 aromatic heterocycles. The summed E-state index contributed by atoms with van der Waals surface area (Å²) in [5, 5.41) is 3.08. The van der Waals surface area contributed by atoms with Crippen molar-refractivity contribution in [3.05, 3.63) is 34.9 Å². The summed E-state index contributed by atoms with van der Waals surface area (Å²) in [6.45, 7) is 13.7. The predicted molar refractivity (Wildman–Crippen MR) is 84.5 cm³/mol. The van der Waals surface area contributed by atoms with Crippen molar-refractivity contribution in [1.82, 2.24) is 5.32 Å². The highest BCUT2D eigenvalue weighted by molar-refractivity contribution is 5.83. The molecule has 1 rings (SSSR count). The lowest BCUT2D eigenvalue weighted by molar-refractivity contribution is -0.132. The van der Waals surface area contributed by atoms with E-state index in [0.717, 1.165) is 5.56 Å². The van der Waals surface area contributed by atoms with E-state index in [1.54, 1.807) is 0 Å². The van der Waals surface area contributed by atoms with Crippen LogP contribution in [0.1, 0.15) is 57.4 Å². The molecule has 3 N–H and O–H groups in total. The Morgan fingerprint density at radius 1 is 1.20 bits per heavy atom. The zero-order valence-electron chi connectivity index (χ0n) is 13.8. The van der Waals surface area contributed by atoms with Gasteiger partial charge in [-0.15, -0.1) is 0 Å². The van der Waals surface area contributed by atoms with Gasteiger partial charge in [-0.3, -0.25) is 4.79 Å². The van der Waals surface area contributed by atoms with Crippen molar-refractivity contribution in [2.45, 2.75) is 60.0 Å². The molecule has 0 saturated heterocycles. The monoisotopic (exact) mass is 276 g/mol. The number of aryl methyl sites for hydroxylation is 2. The van der Waals surface area contributed by atoms with Crippen molar-refractivity contribution >= 4 is 5.91 Å². The van der Waals surface area contributed by atoms with Gasteiger partial charge in [0.2, 0.25) is 5.91 Å². The molecule has 1 aromatic carbocycles. The summed E-state index contributed by atoms with van der Waals surface area (Å²) in [5.41, 5.74) is 8.50. The van der Waals surface area contributed by atoms with Crippen LogP contribution in [0.2, 0.25) is 0 Å². The van der Waals surface area contributed by atoms with E-state index in [4.69, 9.17) is 5.73 Å². The SMILES string of the molecule is Cc1ccc(C(C)NC(=O)C(C)(C)C(C)(C)N)c(C)c1. The first-order valence-corrected chi connectivity index (χ1v) is 7.14. The molecule has 3 nitrogen and oxygen atoms in total. The van der Waals surface area contributed by atoms with E-state index in [0.29, 0.717) is 0 Å². The molecule has 0 aliphatic rings. The Balaban J connectivity index is 2.91. The Bertz CT molecular complexity index is 498. The number of benzene rings is 1. The summed E-state index contributed by atoms with van der Waals surface area (Å²) in [6.07, 6.45) is 0. The molecular formula is C17H28N2O. The highest BCUT2D eigenvalue weighted by Gasteiger charge is 2.40. The molecule has 1 atom stereocenters. The van der Waals surface area contributed by atoms with Crippen LogP contribution in [-0.2, 0) is 4.79 Å². The number of amides is 1. The van der Waals surface area contributed by atoms with Crippen LogP contribution in [0.15, 0.2) is 18.2 Å². The van der Waals surface area contributed by atoms with Crippen molar-refractivity contribution in [3.8, 4) is 0 Å². The first kappa shape index (κ1) is 16.7. The fraction of sp³-hybridized carbons (Fsp3) is 0.588. The van der Waals surface area contributed by atoms with Gasteiger partial charge in [0.05, 0.1) is 11.5 Å². The van der Waals surface area contributed by atoms with Gasteiger partial charge in [-0.25, -0.2) is 0 Å². The number of nitrogens with two attached hydrogens (primary N) is 1. The van der Waals surface area contributed by atoms with Crippen LogP contribution in [0, 0.1) is 19.3 Å².